The number of aromatic nitrogens is 2. The van der Waals surface area contributed by atoms with Crippen molar-refractivity contribution in [3.8, 4) is 11.1 Å². The largest absolute Gasteiger partial charge is 0.426 e. The third-order valence-electron chi connectivity index (χ3n) is 7.00. The van der Waals surface area contributed by atoms with Gasteiger partial charge in [0, 0.05) is 43.0 Å². The van der Waals surface area contributed by atoms with Gasteiger partial charge in [-0.3, -0.25) is 4.79 Å². The number of amides is 1. The summed E-state index contributed by atoms with van der Waals surface area (Å²) in [5.74, 6) is -1.34. The van der Waals surface area contributed by atoms with Crippen LogP contribution in [0.5, 0.6) is 0 Å². The summed E-state index contributed by atoms with van der Waals surface area (Å²) in [6.07, 6.45) is -0.974. The van der Waals surface area contributed by atoms with E-state index in [9.17, 15) is 23.1 Å². The topological polar surface area (TPSA) is 90.5 Å². The molecule has 0 aliphatic carbocycles. The van der Waals surface area contributed by atoms with E-state index in [-0.39, 0.29) is 19.1 Å². The molecule has 35 heavy (non-hydrogen) atoms. The van der Waals surface area contributed by atoms with Crippen LogP contribution in [0.4, 0.5) is 13.2 Å². The Bertz CT molecular complexity index is 1280. The van der Waals surface area contributed by atoms with Gasteiger partial charge in [-0.1, -0.05) is 6.07 Å². The molecular formula is C25H27F3N4O3. The second kappa shape index (κ2) is 8.61. The highest BCUT2D eigenvalue weighted by molar-refractivity contribution is 5.86. The minimum atomic E-state index is -5.06. The minimum Gasteiger partial charge on any atom is -0.378 e. The molecule has 186 valence electrons. The Morgan fingerprint density at radius 3 is 2.77 bits per heavy atom. The van der Waals surface area contributed by atoms with Crippen LogP contribution in [0.3, 0.4) is 0 Å². The number of aromatic amines is 1. The molecule has 7 nitrogen and oxygen atoms in total. The van der Waals surface area contributed by atoms with E-state index in [1.54, 1.807) is 6.20 Å². The van der Waals surface area contributed by atoms with Crippen molar-refractivity contribution in [3.63, 3.8) is 0 Å². The van der Waals surface area contributed by atoms with Gasteiger partial charge in [-0.25, -0.2) is 4.98 Å². The highest BCUT2D eigenvalue weighted by atomic mass is 19.4. The fraction of sp³-hybridized carbons (Fsp3) is 0.440. The number of nitrogens with zero attached hydrogens (tertiary/aromatic N) is 2. The zero-order valence-corrected chi connectivity index (χ0v) is 19.5. The Balaban J connectivity index is 1.56. The van der Waals surface area contributed by atoms with Crippen molar-refractivity contribution >= 4 is 16.9 Å². The summed E-state index contributed by atoms with van der Waals surface area (Å²) in [5.41, 5.74) is 2.97. The maximum Gasteiger partial charge on any atom is 0.426 e. The van der Waals surface area contributed by atoms with E-state index >= 15 is 0 Å². The fourth-order valence-electron chi connectivity index (χ4n) is 4.84. The number of alkyl halides is 3. The van der Waals surface area contributed by atoms with E-state index < -0.39 is 17.7 Å². The SMILES string of the molecule is Cc1c[nH]c2ncc(-c3cc4c(c([C@@H]5COCCN5)c3)CN(C(=O)[C@](C)(O)C(F)(F)F)CC4)cc12. The van der Waals surface area contributed by atoms with Crippen molar-refractivity contribution in [2.45, 2.75) is 44.6 Å². The van der Waals surface area contributed by atoms with Crippen LogP contribution in [0.15, 0.2) is 30.6 Å². The van der Waals surface area contributed by atoms with E-state index in [1.165, 1.54) is 0 Å². The molecule has 2 aliphatic rings. The maximum absolute atomic E-state index is 13.3. The number of rotatable bonds is 3. The number of ether oxygens (including phenoxy) is 1. The third kappa shape index (κ3) is 4.19. The van der Waals surface area contributed by atoms with Gasteiger partial charge in [0.25, 0.3) is 5.91 Å². The van der Waals surface area contributed by atoms with Crippen LogP contribution < -0.4 is 5.32 Å². The molecule has 1 saturated heterocycles. The van der Waals surface area contributed by atoms with Crippen molar-refractivity contribution in [1.29, 1.82) is 0 Å². The lowest BCUT2D eigenvalue weighted by Crippen LogP contribution is -2.56. The van der Waals surface area contributed by atoms with E-state index in [1.807, 2.05) is 25.3 Å². The number of aliphatic hydroxyl groups is 1. The number of carbonyl (C=O) groups is 1. The molecule has 3 N–H and O–H groups in total. The molecule has 0 bridgehead atoms. The van der Waals surface area contributed by atoms with Crippen LogP contribution in [0.2, 0.25) is 0 Å². The van der Waals surface area contributed by atoms with Gasteiger partial charge in [0.15, 0.2) is 0 Å². The number of hydrogen-bond acceptors (Lipinski definition) is 5. The normalized spacial score (nSPS) is 20.5. The molecule has 0 spiro atoms. The molecule has 0 unspecified atom stereocenters. The Labute approximate surface area is 200 Å². The molecule has 5 rings (SSSR count). The number of H-pyrrole nitrogens is 1. The monoisotopic (exact) mass is 488 g/mol. The molecule has 3 aromatic rings. The summed E-state index contributed by atoms with van der Waals surface area (Å²) in [4.78, 5) is 21.5. The molecule has 10 heteroatoms. The first kappa shape index (κ1) is 23.8. The number of nitrogens with one attached hydrogen (secondary N) is 2. The minimum absolute atomic E-state index is 0.0115. The number of carbonyl (C=O) groups excluding carboxylic acids is 1. The summed E-state index contributed by atoms with van der Waals surface area (Å²) in [7, 11) is 0. The maximum atomic E-state index is 13.3. The number of benzene rings is 1. The van der Waals surface area contributed by atoms with E-state index in [0.29, 0.717) is 33.1 Å². The zero-order chi connectivity index (χ0) is 25.0. The van der Waals surface area contributed by atoms with E-state index in [2.05, 4.69) is 21.4 Å². The summed E-state index contributed by atoms with van der Waals surface area (Å²) in [6.45, 7) is 4.23. The smallest absolute Gasteiger partial charge is 0.378 e. The van der Waals surface area contributed by atoms with Crippen molar-refractivity contribution in [3.05, 3.63) is 52.8 Å². The third-order valence-corrected chi connectivity index (χ3v) is 7.00. The van der Waals surface area contributed by atoms with Gasteiger partial charge in [-0.05, 0) is 60.2 Å². The number of hydrogen-bond donors (Lipinski definition) is 3. The van der Waals surface area contributed by atoms with Gasteiger partial charge in [0.1, 0.15) is 5.65 Å². The predicted molar refractivity (Wildman–Crippen MR) is 124 cm³/mol. The lowest BCUT2D eigenvalue weighted by Gasteiger charge is -2.37. The second-order valence-electron chi connectivity index (χ2n) is 9.42. The summed E-state index contributed by atoms with van der Waals surface area (Å²) in [6, 6.07) is 5.94. The van der Waals surface area contributed by atoms with Gasteiger partial charge in [0.2, 0.25) is 5.60 Å². The highest BCUT2D eigenvalue weighted by Crippen LogP contribution is 2.37. The van der Waals surface area contributed by atoms with Crippen LogP contribution in [0.25, 0.3) is 22.2 Å². The Hall–Kier alpha value is -2.95. The summed E-state index contributed by atoms with van der Waals surface area (Å²) < 4.78 is 45.6. The number of aryl methyl sites for hydroxylation is 1. The van der Waals surface area contributed by atoms with E-state index in [0.717, 1.165) is 49.3 Å². The highest BCUT2D eigenvalue weighted by Gasteiger charge is 2.57. The first-order chi connectivity index (χ1) is 16.6. The predicted octanol–water partition coefficient (Wildman–Crippen LogP) is 3.40. The zero-order valence-electron chi connectivity index (χ0n) is 19.5. The molecule has 2 aliphatic heterocycles. The molecule has 1 fully saturated rings. The Kier molecular flexibility index (Phi) is 5.85. The van der Waals surface area contributed by atoms with Crippen LogP contribution >= 0.6 is 0 Å². The van der Waals surface area contributed by atoms with E-state index in [4.69, 9.17) is 4.74 Å². The van der Waals surface area contributed by atoms with Crippen molar-refractivity contribution < 1.29 is 27.8 Å². The van der Waals surface area contributed by atoms with Crippen LogP contribution in [0.1, 0.15) is 35.2 Å². The van der Waals surface area contributed by atoms with Crippen LogP contribution in [-0.2, 0) is 22.5 Å². The van der Waals surface area contributed by atoms with Crippen LogP contribution in [-0.4, -0.2) is 64.0 Å². The average molecular weight is 489 g/mol. The molecular weight excluding hydrogens is 461 g/mol. The van der Waals surface area contributed by atoms with Gasteiger partial charge < -0.3 is 25.0 Å². The van der Waals surface area contributed by atoms with Crippen molar-refractivity contribution in [1.82, 2.24) is 20.2 Å². The number of halogens is 3. The molecule has 1 aromatic carbocycles. The average Bonchev–Trinajstić information content (AvgIpc) is 3.22. The molecule has 0 radical (unpaired) electrons. The van der Waals surface area contributed by atoms with Gasteiger partial charge in [-0.2, -0.15) is 13.2 Å². The first-order valence-corrected chi connectivity index (χ1v) is 11.6. The lowest BCUT2D eigenvalue weighted by atomic mass is 9.87. The first-order valence-electron chi connectivity index (χ1n) is 11.6. The van der Waals surface area contributed by atoms with Crippen molar-refractivity contribution in [2.24, 2.45) is 0 Å². The lowest BCUT2D eigenvalue weighted by molar-refractivity contribution is -0.250. The summed E-state index contributed by atoms with van der Waals surface area (Å²) in [5, 5.41) is 14.4. The molecule has 2 atom stereocenters. The van der Waals surface area contributed by atoms with Crippen molar-refractivity contribution in [2.75, 3.05) is 26.3 Å². The summed E-state index contributed by atoms with van der Waals surface area (Å²) >= 11 is 0. The number of morpholine rings is 1. The number of fused-ring (bicyclic) bond motifs is 2. The second-order valence-corrected chi connectivity index (χ2v) is 9.42. The molecule has 4 heterocycles. The molecule has 1 amide bonds. The fourth-order valence-corrected chi connectivity index (χ4v) is 4.84. The molecule has 2 aromatic heterocycles. The Morgan fingerprint density at radius 1 is 1.26 bits per heavy atom. The number of pyridine rings is 1. The quantitative estimate of drug-likeness (QED) is 0.526. The van der Waals surface area contributed by atoms with Gasteiger partial charge >= 0.3 is 6.18 Å². The van der Waals surface area contributed by atoms with Gasteiger partial charge in [-0.15, -0.1) is 0 Å². The van der Waals surface area contributed by atoms with Crippen LogP contribution in [0, 0.1) is 6.92 Å². The van der Waals surface area contributed by atoms with Gasteiger partial charge in [0.05, 0.1) is 19.3 Å². The standard InChI is InChI=1S/C25H27F3N4O3/c1-14-10-30-22-18(14)9-17(11-31-22)16-7-15-3-5-32(23(33)24(2,34)25(26,27)28)12-20(15)19(8-16)21-13-35-6-4-29-21/h7-11,21,29,34H,3-6,12-13H2,1-2H3,(H,30,31)/t21-,24-/m0/s1. The Morgan fingerprint density at radius 2 is 2.06 bits per heavy atom. The molecule has 0 saturated carbocycles.